The Kier molecular flexibility index (Phi) is 5.60. The summed E-state index contributed by atoms with van der Waals surface area (Å²) >= 11 is 0. The first-order valence-corrected chi connectivity index (χ1v) is 15.8. The van der Waals surface area contributed by atoms with Crippen LogP contribution in [0.2, 0.25) is 19.6 Å². The van der Waals surface area contributed by atoms with Crippen LogP contribution in [-0.2, 0) is 4.43 Å². The Morgan fingerprint density at radius 1 is 1.17 bits per heavy atom. The molecule has 0 aromatic rings. The summed E-state index contributed by atoms with van der Waals surface area (Å²) in [5.41, 5.74) is 2.78. The summed E-state index contributed by atoms with van der Waals surface area (Å²) in [5, 5.41) is 11.6. The minimum Gasteiger partial charge on any atom is -0.414 e. The van der Waals surface area contributed by atoms with E-state index in [1.807, 2.05) is 6.08 Å². The van der Waals surface area contributed by atoms with Crippen molar-refractivity contribution in [2.75, 3.05) is 0 Å². The predicted molar refractivity (Wildman–Crippen MR) is 129 cm³/mol. The van der Waals surface area contributed by atoms with Gasteiger partial charge in [-0.3, -0.25) is 0 Å². The van der Waals surface area contributed by atoms with Gasteiger partial charge >= 0.3 is 0 Å². The summed E-state index contributed by atoms with van der Waals surface area (Å²) in [4.78, 5) is 0. The molecule has 0 aliphatic heterocycles. The molecule has 4 aliphatic rings. The van der Waals surface area contributed by atoms with Crippen molar-refractivity contribution in [3.8, 4) is 0 Å². The van der Waals surface area contributed by atoms with Gasteiger partial charge in [0, 0.05) is 6.10 Å². The molecule has 3 saturated carbocycles. The molecule has 2 nitrogen and oxygen atoms in total. The first-order chi connectivity index (χ1) is 14.0. The lowest BCUT2D eigenvalue weighted by Gasteiger charge is -2.57. The van der Waals surface area contributed by atoms with Crippen LogP contribution < -0.4 is 0 Å². The minimum atomic E-state index is -1.49. The maximum absolute atomic E-state index is 11.6. The van der Waals surface area contributed by atoms with E-state index in [1.54, 1.807) is 5.57 Å². The number of aliphatic hydroxyl groups is 1. The highest BCUT2D eigenvalue weighted by Gasteiger charge is 2.62. The summed E-state index contributed by atoms with van der Waals surface area (Å²) in [6.07, 6.45) is 16.1. The number of allylic oxidation sites excluding steroid dienone is 2. The zero-order valence-corrected chi connectivity index (χ0v) is 21.3. The van der Waals surface area contributed by atoms with Gasteiger partial charge in [0.05, 0.1) is 5.60 Å². The molecule has 3 fully saturated rings. The van der Waals surface area contributed by atoms with Crippen LogP contribution in [-0.4, -0.2) is 25.1 Å². The molecule has 0 saturated heterocycles. The highest BCUT2D eigenvalue weighted by Crippen LogP contribution is 2.68. The van der Waals surface area contributed by atoms with Crippen LogP contribution in [0, 0.1) is 28.6 Å². The van der Waals surface area contributed by atoms with Crippen molar-refractivity contribution in [3.63, 3.8) is 0 Å². The second kappa shape index (κ2) is 7.45. The van der Waals surface area contributed by atoms with Gasteiger partial charge < -0.3 is 9.53 Å². The van der Waals surface area contributed by atoms with Gasteiger partial charge in [-0.05, 0) is 112 Å². The van der Waals surface area contributed by atoms with Gasteiger partial charge in [0.1, 0.15) is 0 Å². The SMILES string of the molecule is C=CCC1(O)CC2C3CC=C4C[C@@H](O[Si](C)(C)C)CC[C@]4(C)C3CC[C@]2(C)/C1=C/C. The molecule has 1 N–H and O–H groups in total. The molecule has 0 aromatic carbocycles. The molecule has 4 unspecified atom stereocenters. The smallest absolute Gasteiger partial charge is 0.184 e. The molecule has 4 rings (SSSR count). The molecule has 0 radical (unpaired) electrons. The predicted octanol–water partition coefficient (Wildman–Crippen LogP) is 7.03. The van der Waals surface area contributed by atoms with Crippen molar-refractivity contribution in [2.45, 2.75) is 103 Å². The molecule has 0 amide bonds. The fourth-order valence-electron chi connectivity index (χ4n) is 8.29. The summed E-state index contributed by atoms with van der Waals surface area (Å²) < 4.78 is 6.52. The van der Waals surface area contributed by atoms with Crippen LogP contribution >= 0.6 is 0 Å². The largest absolute Gasteiger partial charge is 0.414 e. The Labute approximate surface area is 186 Å². The maximum Gasteiger partial charge on any atom is 0.184 e. The van der Waals surface area contributed by atoms with Crippen LogP contribution in [0.15, 0.2) is 36.0 Å². The van der Waals surface area contributed by atoms with Crippen molar-refractivity contribution in [3.05, 3.63) is 36.0 Å². The number of hydrogen-bond acceptors (Lipinski definition) is 2. The molecule has 0 spiro atoms. The summed E-state index contributed by atoms with van der Waals surface area (Å²) in [5.74, 6) is 2.03. The lowest BCUT2D eigenvalue weighted by molar-refractivity contribution is -0.0282. The zero-order chi connectivity index (χ0) is 21.9. The summed E-state index contributed by atoms with van der Waals surface area (Å²) in [7, 11) is -1.49. The van der Waals surface area contributed by atoms with E-state index in [-0.39, 0.29) is 5.41 Å². The third kappa shape index (κ3) is 3.44. The quantitative estimate of drug-likeness (QED) is 0.384. The second-order valence-corrected chi connectivity index (χ2v) is 16.7. The first kappa shape index (κ1) is 22.5. The van der Waals surface area contributed by atoms with Gasteiger partial charge in [0.2, 0.25) is 0 Å². The summed E-state index contributed by atoms with van der Waals surface area (Å²) in [6.45, 7) is 18.0. The van der Waals surface area contributed by atoms with Crippen LogP contribution in [0.3, 0.4) is 0 Å². The van der Waals surface area contributed by atoms with Crippen LogP contribution in [0.5, 0.6) is 0 Å². The minimum absolute atomic E-state index is 0.146. The van der Waals surface area contributed by atoms with Crippen LogP contribution in [0.25, 0.3) is 0 Å². The third-order valence-corrected chi connectivity index (χ3v) is 10.5. The van der Waals surface area contributed by atoms with E-state index in [1.165, 1.54) is 37.7 Å². The van der Waals surface area contributed by atoms with Crippen LogP contribution in [0.4, 0.5) is 0 Å². The number of fused-ring (bicyclic) bond motifs is 5. The van der Waals surface area contributed by atoms with Gasteiger partial charge in [0.25, 0.3) is 0 Å². The Morgan fingerprint density at radius 3 is 2.50 bits per heavy atom. The maximum atomic E-state index is 11.6. The Morgan fingerprint density at radius 2 is 1.87 bits per heavy atom. The molecular formula is C27H44O2Si. The highest BCUT2D eigenvalue weighted by molar-refractivity contribution is 6.69. The normalized spacial score (nSPS) is 47.3. The first-order valence-electron chi connectivity index (χ1n) is 12.3. The average molecular weight is 429 g/mol. The Hall–Kier alpha value is -0.643. The number of hydrogen-bond donors (Lipinski definition) is 1. The van der Waals surface area contributed by atoms with Gasteiger partial charge in [-0.25, -0.2) is 0 Å². The number of rotatable bonds is 4. The van der Waals surface area contributed by atoms with Crippen molar-refractivity contribution < 1.29 is 9.53 Å². The molecule has 7 atom stereocenters. The monoisotopic (exact) mass is 428 g/mol. The van der Waals surface area contributed by atoms with Crippen molar-refractivity contribution in [1.29, 1.82) is 0 Å². The Balaban J connectivity index is 1.62. The molecule has 30 heavy (non-hydrogen) atoms. The van der Waals surface area contributed by atoms with Crippen LogP contribution in [0.1, 0.15) is 72.1 Å². The molecule has 0 heterocycles. The van der Waals surface area contributed by atoms with Crippen molar-refractivity contribution in [1.82, 2.24) is 0 Å². The lowest BCUT2D eigenvalue weighted by Crippen LogP contribution is -2.50. The lowest BCUT2D eigenvalue weighted by atomic mass is 9.48. The summed E-state index contributed by atoms with van der Waals surface area (Å²) in [6, 6.07) is 0. The highest BCUT2D eigenvalue weighted by atomic mass is 28.4. The van der Waals surface area contributed by atoms with Crippen molar-refractivity contribution >= 4 is 8.32 Å². The average Bonchev–Trinajstić information content (AvgIpc) is 2.87. The molecule has 0 bridgehead atoms. The van der Waals surface area contributed by atoms with E-state index >= 15 is 0 Å². The van der Waals surface area contributed by atoms with E-state index in [0.29, 0.717) is 29.8 Å². The van der Waals surface area contributed by atoms with Gasteiger partial charge in [-0.2, -0.15) is 0 Å². The fraction of sp³-hybridized carbons (Fsp3) is 0.778. The van der Waals surface area contributed by atoms with Gasteiger partial charge in [-0.1, -0.05) is 37.6 Å². The van der Waals surface area contributed by atoms with E-state index in [9.17, 15) is 5.11 Å². The molecule has 0 aromatic heterocycles. The van der Waals surface area contributed by atoms with E-state index < -0.39 is 13.9 Å². The Bertz CT molecular complexity index is 761. The molecular weight excluding hydrogens is 384 g/mol. The third-order valence-electron chi connectivity index (χ3n) is 9.41. The molecule has 4 aliphatic carbocycles. The van der Waals surface area contributed by atoms with E-state index in [4.69, 9.17) is 4.43 Å². The van der Waals surface area contributed by atoms with Gasteiger partial charge in [0.15, 0.2) is 8.32 Å². The van der Waals surface area contributed by atoms with Crippen molar-refractivity contribution in [2.24, 2.45) is 28.6 Å². The van der Waals surface area contributed by atoms with E-state index in [0.717, 1.165) is 18.8 Å². The van der Waals surface area contributed by atoms with E-state index in [2.05, 4.69) is 59.1 Å². The van der Waals surface area contributed by atoms with Gasteiger partial charge in [-0.15, -0.1) is 6.58 Å². The second-order valence-electron chi connectivity index (χ2n) is 12.2. The molecule has 3 heteroatoms. The fourth-order valence-corrected chi connectivity index (χ4v) is 9.50. The zero-order valence-electron chi connectivity index (χ0n) is 20.3. The molecule has 168 valence electrons. The topological polar surface area (TPSA) is 29.5 Å². The standard InChI is InChI=1S/C27H44O2Si/c1-8-14-27(28)18-23-21-11-10-19-17-20(29-30(5,6)7)12-15-25(19,3)22(21)13-16-26(23,4)24(27)9-2/h8-10,20-23,28H,1,11-18H2,2-7H3/b24-9-/t20-,21?,22?,23?,25-,26-,27?/m0/s1.